The second-order valence-corrected chi connectivity index (χ2v) is 6.10. The van der Waals surface area contributed by atoms with E-state index in [1.807, 2.05) is 36.4 Å². The second kappa shape index (κ2) is 9.01. The molecule has 1 aliphatic heterocycles. The van der Waals surface area contributed by atoms with Gasteiger partial charge in [-0.3, -0.25) is 9.59 Å². The zero-order valence-electron chi connectivity index (χ0n) is 14.6. The average molecular weight is 353 g/mol. The Labute approximate surface area is 153 Å². The number of hydrogen-bond donors (Lipinski definition) is 2. The molecule has 2 aromatic rings. The van der Waals surface area contributed by atoms with Crippen LogP contribution in [-0.2, 0) is 16.1 Å². The first kappa shape index (κ1) is 17.9. The molecule has 1 saturated heterocycles. The Bertz CT molecular complexity index is 743. The van der Waals surface area contributed by atoms with Crippen LogP contribution in [0, 0.1) is 0 Å². The van der Waals surface area contributed by atoms with E-state index < -0.39 is 0 Å². The van der Waals surface area contributed by atoms with Gasteiger partial charge in [0.2, 0.25) is 5.91 Å². The Kier molecular flexibility index (Phi) is 6.22. The molecule has 0 saturated carbocycles. The number of hydrogen-bond acceptors (Lipinski definition) is 4. The molecule has 0 spiro atoms. The topological polar surface area (TPSA) is 70.7 Å². The largest absolute Gasteiger partial charge is 0.378 e. The van der Waals surface area contributed by atoms with Gasteiger partial charge in [-0.1, -0.05) is 36.4 Å². The van der Waals surface area contributed by atoms with Crippen LogP contribution in [0.15, 0.2) is 54.6 Å². The van der Waals surface area contributed by atoms with Crippen molar-refractivity contribution in [3.8, 4) is 0 Å². The molecule has 1 fully saturated rings. The number of carbonyl (C=O) groups excluding carboxylic acids is 2. The van der Waals surface area contributed by atoms with E-state index in [1.165, 1.54) is 0 Å². The summed E-state index contributed by atoms with van der Waals surface area (Å²) in [5.41, 5.74) is 2.36. The number of ether oxygens (including phenoxy) is 1. The third kappa shape index (κ3) is 5.07. The predicted molar refractivity (Wildman–Crippen MR) is 99.9 cm³/mol. The molecule has 1 heterocycles. The van der Waals surface area contributed by atoms with Gasteiger partial charge in [0.25, 0.3) is 5.91 Å². The van der Waals surface area contributed by atoms with Gasteiger partial charge in [0.05, 0.1) is 19.8 Å². The van der Waals surface area contributed by atoms with Crippen LogP contribution in [0.5, 0.6) is 0 Å². The first-order chi connectivity index (χ1) is 12.7. The quantitative estimate of drug-likeness (QED) is 0.832. The summed E-state index contributed by atoms with van der Waals surface area (Å²) >= 11 is 0. The van der Waals surface area contributed by atoms with Crippen LogP contribution in [-0.4, -0.2) is 49.6 Å². The van der Waals surface area contributed by atoms with E-state index in [9.17, 15) is 9.59 Å². The van der Waals surface area contributed by atoms with Gasteiger partial charge in [-0.15, -0.1) is 0 Å². The zero-order chi connectivity index (χ0) is 18.2. The van der Waals surface area contributed by atoms with E-state index in [0.29, 0.717) is 38.4 Å². The highest BCUT2D eigenvalue weighted by atomic mass is 16.5. The smallest absolute Gasteiger partial charge is 0.251 e. The summed E-state index contributed by atoms with van der Waals surface area (Å²) in [6.07, 6.45) is 0. The van der Waals surface area contributed by atoms with E-state index in [4.69, 9.17) is 4.74 Å². The van der Waals surface area contributed by atoms with Crippen LogP contribution in [0.1, 0.15) is 15.9 Å². The lowest BCUT2D eigenvalue weighted by Crippen LogP contribution is -2.43. The van der Waals surface area contributed by atoms with Crippen molar-refractivity contribution in [1.29, 1.82) is 0 Å². The minimum absolute atomic E-state index is 0.0345. The predicted octanol–water partition coefficient (Wildman–Crippen LogP) is 1.89. The SMILES string of the molecule is O=C(NCc1ccccc1)c1cccc(NCC(=O)N2CCOCC2)c1. The lowest BCUT2D eigenvalue weighted by molar-refractivity contribution is -0.133. The molecule has 136 valence electrons. The van der Waals surface area contributed by atoms with E-state index in [0.717, 1.165) is 11.3 Å². The Hall–Kier alpha value is -2.86. The van der Waals surface area contributed by atoms with Gasteiger partial charge in [0.1, 0.15) is 0 Å². The molecule has 0 unspecified atom stereocenters. The summed E-state index contributed by atoms with van der Waals surface area (Å²) < 4.78 is 5.25. The van der Waals surface area contributed by atoms with Gasteiger partial charge in [-0.2, -0.15) is 0 Å². The van der Waals surface area contributed by atoms with E-state index in [1.54, 1.807) is 23.1 Å². The van der Waals surface area contributed by atoms with Crippen LogP contribution in [0.3, 0.4) is 0 Å². The maximum atomic E-state index is 12.3. The second-order valence-electron chi connectivity index (χ2n) is 6.10. The first-order valence-electron chi connectivity index (χ1n) is 8.74. The Balaban J connectivity index is 1.52. The number of morpholine rings is 1. The van der Waals surface area contributed by atoms with Crippen LogP contribution in [0.2, 0.25) is 0 Å². The molecule has 26 heavy (non-hydrogen) atoms. The van der Waals surface area contributed by atoms with E-state index >= 15 is 0 Å². The molecule has 0 radical (unpaired) electrons. The molecule has 0 bridgehead atoms. The molecule has 2 aromatic carbocycles. The summed E-state index contributed by atoms with van der Waals surface area (Å²) in [6, 6.07) is 16.9. The fourth-order valence-electron chi connectivity index (χ4n) is 2.75. The summed E-state index contributed by atoms with van der Waals surface area (Å²) in [5.74, 6) is -0.107. The van der Waals surface area contributed by atoms with Crippen LogP contribution >= 0.6 is 0 Å². The van der Waals surface area contributed by atoms with Gasteiger partial charge in [-0.05, 0) is 23.8 Å². The third-order valence-electron chi connectivity index (χ3n) is 4.23. The summed E-state index contributed by atoms with van der Waals surface area (Å²) in [6.45, 7) is 3.11. The van der Waals surface area contributed by atoms with Crippen LogP contribution in [0.25, 0.3) is 0 Å². The van der Waals surface area contributed by atoms with Crippen LogP contribution in [0.4, 0.5) is 5.69 Å². The molecule has 0 aliphatic carbocycles. The van der Waals surface area contributed by atoms with Gasteiger partial charge in [0.15, 0.2) is 0 Å². The standard InChI is InChI=1S/C20H23N3O3/c24-19(23-9-11-26-12-10-23)15-21-18-8-4-7-17(13-18)20(25)22-14-16-5-2-1-3-6-16/h1-8,13,21H,9-12,14-15H2,(H,22,25). The number of rotatable bonds is 6. The fourth-order valence-corrected chi connectivity index (χ4v) is 2.75. The Morgan fingerprint density at radius 1 is 1.00 bits per heavy atom. The highest BCUT2D eigenvalue weighted by molar-refractivity contribution is 5.95. The summed E-state index contributed by atoms with van der Waals surface area (Å²) in [5, 5.41) is 6.00. The minimum Gasteiger partial charge on any atom is -0.378 e. The highest BCUT2D eigenvalue weighted by Crippen LogP contribution is 2.11. The zero-order valence-corrected chi connectivity index (χ0v) is 14.6. The van der Waals surface area contributed by atoms with Gasteiger partial charge in [-0.25, -0.2) is 0 Å². The minimum atomic E-state index is -0.142. The summed E-state index contributed by atoms with van der Waals surface area (Å²) in [4.78, 5) is 26.3. The average Bonchev–Trinajstić information content (AvgIpc) is 2.72. The lowest BCUT2D eigenvalue weighted by atomic mass is 10.1. The lowest BCUT2D eigenvalue weighted by Gasteiger charge is -2.27. The van der Waals surface area contributed by atoms with Gasteiger partial charge < -0.3 is 20.3 Å². The molecule has 2 N–H and O–H groups in total. The van der Waals surface area contributed by atoms with Gasteiger partial charge in [0, 0.05) is 30.9 Å². The Morgan fingerprint density at radius 3 is 2.54 bits per heavy atom. The van der Waals surface area contributed by atoms with Gasteiger partial charge >= 0.3 is 0 Å². The van der Waals surface area contributed by atoms with Crippen molar-refractivity contribution < 1.29 is 14.3 Å². The van der Waals surface area contributed by atoms with E-state index in [-0.39, 0.29) is 18.4 Å². The molecule has 2 amide bonds. The van der Waals surface area contributed by atoms with Crippen molar-refractivity contribution in [2.75, 3.05) is 38.2 Å². The van der Waals surface area contributed by atoms with Crippen molar-refractivity contribution in [1.82, 2.24) is 10.2 Å². The monoisotopic (exact) mass is 353 g/mol. The molecule has 6 heteroatoms. The number of carbonyl (C=O) groups is 2. The number of amides is 2. The van der Waals surface area contributed by atoms with Crippen LogP contribution < -0.4 is 10.6 Å². The maximum Gasteiger partial charge on any atom is 0.251 e. The molecular weight excluding hydrogens is 330 g/mol. The number of anilines is 1. The molecule has 1 aliphatic rings. The summed E-state index contributed by atoms with van der Waals surface area (Å²) in [7, 11) is 0. The molecule has 0 atom stereocenters. The Morgan fingerprint density at radius 2 is 1.77 bits per heavy atom. The molecule has 0 aromatic heterocycles. The number of nitrogens with zero attached hydrogens (tertiary/aromatic N) is 1. The highest BCUT2D eigenvalue weighted by Gasteiger charge is 2.16. The molecule has 6 nitrogen and oxygen atoms in total. The fraction of sp³-hybridized carbons (Fsp3) is 0.300. The van der Waals surface area contributed by atoms with E-state index in [2.05, 4.69) is 10.6 Å². The molecule has 3 rings (SSSR count). The van der Waals surface area contributed by atoms with Crippen molar-refractivity contribution in [3.63, 3.8) is 0 Å². The maximum absolute atomic E-state index is 12.3. The third-order valence-corrected chi connectivity index (χ3v) is 4.23. The normalized spacial score (nSPS) is 13.9. The van der Waals surface area contributed by atoms with Crippen molar-refractivity contribution in [2.24, 2.45) is 0 Å². The number of nitrogens with one attached hydrogen (secondary N) is 2. The number of benzene rings is 2. The van der Waals surface area contributed by atoms with Crippen molar-refractivity contribution >= 4 is 17.5 Å². The molecular formula is C20H23N3O3. The first-order valence-corrected chi connectivity index (χ1v) is 8.74. The van der Waals surface area contributed by atoms with Crippen molar-refractivity contribution in [3.05, 3.63) is 65.7 Å². The van der Waals surface area contributed by atoms with Crippen molar-refractivity contribution in [2.45, 2.75) is 6.54 Å².